The summed E-state index contributed by atoms with van der Waals surface area (Å²) in [4.78, 5) is 41.5. The topological polar surface area (TPSA) is 88.2 Å². The van der Waals surface area contributed by atoms with E-state index in [2.05, 4.69) is 34.5 Å². The maximum atomic E-state index is 13.4. The lowest BCUT2D eigenvalue weighted by atomic mass is 9.69. The Kier molecular flexibility index (Phi) is 6.95. The van der Waals surface area contributed by atoms with Crippen LogP contribution in [0, 0.1) is 0 Å². The molecule has 36 heavy (non-hydrogen) atoms. The predicted molar refractivity (Wildman–Crippen MR) is 144 cm³/mol. The van der Waals surface area contributed by atoms with Crippen LogP contribution in [0.25, 0.3) is 0 Å². The van der Waals surface area contributed by atoms with Gasteiger partial charge in [0.15, 0.2) is 0 Å². The van der Waals surface area contributed by atoms with Gasteiger partial charge in [0, 0.05) is 37.2 Å². The number of nitrogens with one attached hydrogen (secondary N) is 1. The van der Waals surface area contributed by atoms with Crippen molar-refractivity contribution in [2.75, 3.05) is 26.3 Å². The minimum Gasteiger partial charge on any atom is -0.489 e. The second-order valence-corrected chi connectivity index (χ2v) is 9.95. The van der Waals surface area contributed by atoms with E-state index in [1.807, 2.05) is 23.5 Å². The summed E-state index contributed by atoms with van der Waals surface area (Å²) >= 11 is 0. The lowest BCUT2D eigenvalue weighted by Gasteiger charge is -2.29. The van der Waals surface area contributed by atoms with Crippen molar-refractivity contribution in [1.29, 1.82) is 0 Å². The van der Waals surface area contributed by atoms with Gasteiger partial charge in [0.2, 0.25) is 11.8 Å². The number of carbonyl (C=O) groups excluding carboxylic acids is 3. The molecule has 3 aliphatic rings. The summed E-state index contributed by atoms with van der Waals surface area (Å²) in [6.07, 6.45) is 0.576. The quantitative estimate of drug-likeness (QED) is 0.340. The Balaban J connectivity index is 1.33. The first-order chi connectivity index (χ1) is 17.3. The molecule has 0 saturated carbocycles. The van der Waals surface area contributed by atoms with Crippen molar-refractivity contribution in [3.05, 3.63) is 46.5 Å². The van der Waals surface area contributed by atoms with Crippen molar-refractivity contribution in [2.24, 2.45) is 0 Å². The minimum atomic E-state index is -0.644. The smallest absolute Gasteiger partial charge is 0.254 e. The molecular weight excluding hydrogens is 455 g/mol. The summed E-state index contributed by atoms with van der Waals surface area (Å²) in [7, 11) is 5.96. The molecule has 1 unspecified atom stereocenters. The van der Waals surface area contributed by atoms with Crippen LogP contribution in [0.4, 0.5) is 0 Å². The zero-order valence-electron chi connectivity index (χ0n) is 21.2. The van der Waals surface area contributed by atoms with Crippen molar-refractivity contribution < 1.29 is 23.9 Å². The number of nitrogens with zero attached hydrogens (tertiary/aromatic N) is 2. The van der Waals surface area contributed by atoms with Gasteiger partial charge in [0.25, 0.3) is 5.91 Å². The molecule has 2 aromatic carbocycles. The molecule has 0 bridgehead atoms. The van der Waals surface area contributed by atoms with E-state index in [9.17, 15) is 14.4 Å². The Hall–Kier alpha value is -3.04. The van der Waals surface area contributed by atoms with Gasteiger partial charge in [-0.2, -0.15) is 0 Å². The van der Waals surface area contributed by atoms with Crippen molar-refractivity contribution in [2.45, 2.75) is 38.6 Å². The van der Waals surface area contributed by atoms with Gasteiger partial charge in [0.1, 0.15) is 41.9 Å². The van der Waals surface area contributed by atoms with Crippen molar-refractivity contribution >= 4 is 57.6 Å². The molecule has 0 aromatic heterocycles. The molecule has 3 amide bonds. The number of imide groups is 1. The fourth-order valence-corrected chi connectivity index (χ4v) is 5.37. The number of fused-ring (bicyclic) bond motifs is 1. The third-order valence-electron chi connectivity index (χ3n) is 7.72. The molecule has 0 radical (unpaired) electrons. The number of morpholine rings is 1. The van der Waals surface area contributed by atoms with E-state index in [0.717, 1.165) is 60.4 Å². The van der Waals surface area contributed by atoms with E-state index in [1.165, 1.54) is 5.56 Å². The average Bonchev–Trinajstić information content (AvgIpc) is 3.21. The molecule has 2 saturated heterocycles. The molecule has 0 aliphatic carbocycles. The highest BCUT2D eigenvalue weighted by molar-refractivity contribution is 6.59. The van der Waals surface area contributed by atoms with Crippen LogP contribution in [-0.4, -0.2) is 83.4 Å². The molecule has 0 spiro atoms. The molecule has 11 heteroatoms. The Morgan fingerprint density at radius 2 is 1.67 bits per heavy atom. The summed E-state index contributed by atoms with van der Waals surface area (Å²) < 4.78 is 11.8. The number of hydrogen-bond donors (Lipinski definition) is 1. The Bertz CT molecular complexity index is 1210. The van der Waals surface area contributed by atoms with Crippen molar-refractivity contribution in [1.82, 2.24) is 15.1 Å². The van der Waals surface area contributed by atoms with E-state index >= 15 is 0 Å². The first kappa shape index (κ1) is 24.7. The van der Waals surface area contributed by atoms with E-state index in [1.54, 1.807) is 4.90 Å². The Labute approximate surface area is 213 Å². The number of rotatable bonds is 6. The van der Waals surface area contributed by atoms with Crippen LogP contribution in [0.3, 0.4) is 0 Å². The standard InChI is InChI=1S/C25H30B3N3O5/c26-20-19-16(12-31(25(19)34)17-5-6-18(32)29-24(17)33)23(22(28)21(20)27)36-13-15-3-1-14(2-4-15)11-30-7-9-35-10-8-30/h1-4,17H,5-13,26-28H2,(H,29,32,33). The third-order valence-corrected chi connectivity index (χ3v) is 7.72. The molecule has 1 atom stereocenters. The fraction of sp³-hybridized carbons (Fsp3) is 0.400. The summed E-state index contributed by atoms with van der Waals surface area (Å²) in [6.45, 7) is 5.08. The number of hydrogen-bond acceptors (Lipinski definition) is 6. The Morgan fingerprint density at radius 1 is 0.972 bits per heavy atom. The highest BCUT2D eigenvalue weighted by Crippen LogP contribution is 2.31. The van der Waals surface area contributed by atoms with Crippen LogP contribution in [-0.2, 0) is 34.0 Å². The van der Waals surface area contributed by atoms with Crippen molar-refractivity contribution in [3.8, 4) is 5.75 Å². The first-order valence-electron chi connectivity index (χ1n) is 12.6. The molecule has 3 heterocycles. The average molecular weight is 485 g/mol. The van der Waals surface area contributed by atoms with E-state index in [-0.39, 0.29) is 18.2 Å². The third kappa shape index (κ3) is 4.69. The molecule has 1 N–H and O–H groups in total. The monoisotopic (exact) mass is 485 g/mol. The van der Waals surface area contributed by atoms with Gasteiger partial charge in [-0.25, -0.2) is 0 Å². The number of amides is 3. The SMILES string of the molecule is Bc1c(B)c(OCc2ccc(CN3CCOCC3)cc2)c2c(c1B)C(=O)N(C1CCC(=O)NC1=O)C2. The second-order valence-electron chi connectivity index (χ2n) is 9.95. The van der Waals surface area contributed by atoms with Gasteiger partial charge >= 0.3 is 0 Å². The van der Waals surface area contributed by atoms with Crippen LogP contribution in [0.1, 0.15) is 39.9 Å². The van der Waals surface area contributed by atoms with Gasteiger partial charge in [-0.1, -0.05) is 40.7 Å². The molecular formula is C25H30B3N3O5. The maximum absolute atomic E-state index is 13.4. The zero-order valence-corrected chi connectivity index (χ0v) is 21.2. The van der Waals surface area contributed by atoms with Gasteiger partial charge in [-0.05, 0) is 17.5 Å². The molecule has 3 aliphatic heterocycles. The van der Waals surface area contributed by atoms with E-state index < -0.39 is 11.9 Å². The predicted octanol–water partition coefficient (Wildman–Crippen LogP) is -3.37. The second kappa shape index (κ2) is 10.1. The minimum absolute atomic E-state index is 0.169. The maximum Gasteiger partial charge on any atom is 0.254 e. The van der Waals surface area contributed by atoms with Crippen LogP contribution >= 0.6 is 0 Å². The summed E-state index contributed by atoms with van der Waals surface area (Å²) in [5.41, 5.74) is 6.71. The Morgan fingerprint density at radius 3 is 2.36 bits per heavy atom. The van der Waals surface area contributed by atoms with E-state index in [0.29, 0.717) is 30.9 Å². The highest BCUT2D eigenvalue weighted by atomic mass is 16.5. The number of carbonyl (C=O) groups is 3. The van der Waals surface area contributed by atoms with Crippen LogP contribution in [0.2, 0.25) is 0 Å². The number of benzene rings is 2. The van der Waals surface area contributed by atoms with Crippen molar-refractivity contribution in [3.63, 3.8) is 0 Å². The molecule has 8 nitrogen and oxygen atoms in total. The fourth-order valence-electron chi connectivity index (χ4n) is 5.37. The van der Waals surface area contributed by atoms with Gasteiger partial charge < -0.3 is 14.4 Å². The van der Waals surface area contributed by atoms with Gasteiger partial charge in [-0.3, -0.25) is 24.6 Å². The molecule has 2 fully saturated rings. The highest BCUT2D eigenvalue weighted by Gasteiger charge is 2.41. The number of ether oxygens (including phenoxy) is 2. The lowest BCUT2D eigenvalue weighted by molar-refractivity contribution is -0.136. The number of piperidine rings is 1. The molecule has 5 rings (SSSR count). The summed E-state index contributed by atoms with van der Waals surface area (Å²) in [6, 6.07) is 7.81. The normalized spacial score (nSPS) is 20.4. The van der Waals surface area contributed by atoms with Crippen LogP contribution in [0.5, 0.6) is 5.75 Å². The molecule has 184 valence electrons. The largest absolute Gasteiger partial charge is 0.489 e. The summed E-state index contributed by atoms with van der Waals surface area (Å²) in [5.74, 6) is -0.146. The van der Waals surface area contributed by atoms with Crippen LogP contribution < -0.4 is 26.4 Å². The first-order valence-corrected chi connectivity index (χ1v) is 12.6. The van der Waals surface area contributed by atoms with E-state index in [4.69, 9.17) is 9.47 Å². The summed E-state index contributed by atoms with van der Waals surface area (Å²) in [5, 5.41) is 2.37. The molecule has 2 aromatic rings. The lowest BCUT2D eigenvalue weighted by Crippen LogP contribution is -2.52. The van der Waals surface area contributed by atoms with Gasteiger partial charge in [-0.15, -0.1) is 0 Å². The zero-order chi connectivity index (χ0) is 25.4. The van der Waals surface area contributed by atoms with Crippen LogP contribution in [0.15, 0.2) is 24.3 Å². The van der Waals surface area contributed by atoms with Gasteiger partial charge in [0.05, 0.1) is 19.8 Å².